The van der Waals surface area contributed by atoms with Gasteiger partial charge in [-0.3, -0.25) is 9.59 Å². The lowest BCUT2D eigenvalue weighted by atomic mass is 10.0. The number of carbonyl (C=O) groups excluding carboxylic acids is 2. The topological polar surface area (TPSA) is 92.4 Å². The van der Waals surface area contributed by atoms with Crippen LogP contribution in [0.5, 0.6) is 0 Å². The Kier molecular flexibility index (Phi) is 7.17. The minimum absolute atomic E-state index is 0.0157. The number of aliphatic hydroxyl groups excluding tert-OH is 1. The first-order valence-corrected chi connectivity index (χ1v) is 8.67. The largest absolute Gasteiger partial charge is 0.416 e. The summed E-state index contributed by atoms with van der Waals surface area (Å²) in [6.07, 6.45) is -4.69. The van der Waals surface area contributed by atoms with Gasteiger partial charge in [-0.25, -0.2) is 0 Å². The van der Waals surface area contributed by atoms with E-state index in [-0.39, 0.29) is 12.0 Å². The van der Waals surface area contributed by atoms with Crippen molar-refractivity contribution in [3.8, 4) is 0 Å². The van der Waals surface area contributed by atoms with Gasteiger partial charge in [0, 0.05) is 0 Å². The number of halogens is 3. The van der Waals surface area contributed by atoms with E-state index in [0.29, 0.717) is 12.8 Å². The molecular formula is C20H21F3N2O3. The van der Waals surface area contributed by atoms with E-state index in [1.165, 1.54) is 0 Å². The molecule has 0 aliphatic heterocycles. The van der Waals surface area contributed by atoms with E-state index in [4.69, 9.17) is 5.73 Å². The van der Waals surface area contributed by atoms with Crippen molar-refractivity contribution in [1.82, 2.24) is 5.32 Å². The number of carbonyl (C=O) groups is 2. The maximum absolute atomic E-state index is 12.6. The number of hydrogen-bond donors (Lipinski definition) is 3. The molecule has 4 N–H and O–H groups in total. The van der Waals surface area contributed by atoms with Gasteiger partial charge < -0.3 is 16.2 Å². The Labute approximate surface area is 160 Å². The molecule has 0 unspecified atom stereocenters. The smallest absolute Gasteiger partial charge is 0.378 e. The number of aryl methyl sites for hydroxylation is 1. The molecule has 0 heterocycles. The minimum atomic E-state index is -4.51. The van der Waals surface area contributed by atoms with Crippen molar-refractivity contribution in [3.63, 3.8) is 0 Å². The Balaban J connectivity index is 1.94. The average Bonchev–Trinajstić information content (AvgIpc) is 2.66. The Morgan fingerprint density at radius 1 is 1.04 bits per heavy atom. The van der Waals surface area contributed by atoms with Crippen LogP contribution < -0.4 is 11.1 Å². The predicted molar refractivity (Wildman–Crippen MR) is 96.9 cm³/mol. The van der Waals surface area contributed by atoms with Gasteiger partial charge in [0.2, 0.25) is 5.91 Å². The first-order chi connectivity index (χ1) is 13.2. The molecule has 0 fully saturated rings. The molecule has 0 saturated carbocycles. The Bertz CT molecular complexity index is 793. The van der Waals surface area contributed by atoms with Crippen LogP contribution in [0, 0.1) is 0 Å². The highest BCUT2D eigenvalue weighted by Crippen LogP contribution is 2.30. The zero-order valence-corrected chi connectivity index (χ0v) is 14.9. The standard InChI is InChI=1S/C20H21F3N2O3/c21-20(22,23)15-11-9-14(10-12-15)17(26)19(28)25-16(18(24)27)8-4-7-13-5-2-1-3-6-13/h1-3,5-6,9-12,16-17,26H,4,7-8H2,(H2,24,27)(H,25,28)/t16-,17-/m0/s1. The molecule has 0 radical (unpaired) electrons. The molecule has 5 nitrogen and oxygen atoms in total. The van der Waals surface area contributed by atoms with Crippen LogP contribution in [0.3, 0.4) is 0 Å². The molecule has 0 aromatic heterocycles. The summed E-state index contributed by atoms with van der Waals surface area (Å²) in [5.74, 6) is -1.65. The Morgan fingerprint density at radius 2 is 1.64 bits per heavy atom. The van der Waals surface area contributed by atoms with E-state index in [1.54, 1.807) is 0 Å². The first-order valence-electron chi connectivity index (χ1n) is 8.67. The van der Waals surface area contributed by atoms with E-state index in [2.05, 4.69) is 5.32 Å². The lowest BCUT2D eigenvalue weighted by Gasteiger charge is -2.18. The normalized spacial score (nSPS) is 13.6. The molecule has 0 bridgehead atoms. The number of benzene rings is 2. The zero-order valence-electron chi connectivity index (χ0n) is 14.9. The number of rotatable bonds is 8. The van der Waals surface area contributed by atoms with Gasteiger partial charge in [-0.15, -0.1) is 0 Å². The van der Waals surface area contributed by atoms with Gasteiger partial charge >= 0.3 is 6.18 Å². The molecule has 2 aromatic carbocycles. The summed E-state index contributed by atoms with van der Waals surface area (Å²) in [6, 6.07) is 12.1. The van der Waals surface area contributed by atoms with Crippen LogP contribution in [0.25, 0.3) is 0 Å². The molecule has 0 aliphatic rings. The Hall–Kier alpha value is -2.87. The number of amides is 2. The van der Waals surface area contributed by atoms with Crippen molar-refractivity contribution in [2.75, 3.05) is 0 Å². The fourth-order valence-electron chi connectivity index (χ4n) is 2.70. The third-order valence-electron chi connectivity index (χ3n) is 4.26. The molecule has 28 heavy (non-hydrogen) atoms. The predicted octanol–water partition coefficient (Wildman–Crippen LogP) is 2.73. The van der Waals surface area contributed by atoms with Crippen molar-refractivity contribution < 1.29 is 27.9 Å². The summed E-state index contributed by atoms with van der Waals surface area (Å²) in [5.41, 5.74) is 5.48. The maximum Gasteiger partial charge on any atom is 0.416 e. The summed E-state index contributed by atoms with van der Waals surface area (Å²) in [7, 11) is 0. The van der Waals surface area contributed by atoms with Gasteiger partial charge in [0.15, 0.2) is 6.10 Å². The number of alkyl halides is 3. The quantitative estimate of drug-likeness (QED) is 0.643. The molecule has 2 atom stereocenters. The van der Waals surface area contributed by atoms with Crippen LogP contribution in [0.15, 0.2) is 54.6 Å². The van der Waals surface area contributed by atoms with E-state index in [0.717, 1.165) is 29.8 Å². The van der Waals surface area contributed by atoms with Crippen molar-refractivity contribution in [3.05, 3.63) is 71.3 Å². The SMILES string of the molecule is NC(=O)[C@H](CCCc1ccccc1)NC(=O)[C@@H](O)c1ccc(C(F)(F)F)cc1. The highest BCUT2D eigenvalue weighted by Gasteiger charge is 2.31. The second-order valence-corrected chi connectivity index (χ2v) is 6.36. The zero-order chi connectivity index (χ0) is 20.7. The number of nitrogens with one attached hydrogen (secondary N) is 1. The second kappa shape index (κ2) is 9.36. The number of hydrogen-bond acceptors (Lipinski definition) is 3. The summed E-state index contributed by atoms with van der Waals surface area (Å²) in [4.78, 5) is 23.8. The van der Waals surface area contributed by atoms with Gasteiger partial charge in [0.1, 0.15) is 6.04 Å². The highest BCUT2D eigenvalue weighted by atomic mass is 19.4. The molecule has 0 aliphatic carbocycles. The van der Waals surface area contributed by atoms with Gasteiger partial charge in [0.05, 0.1) is 5.56 Å². The van der Waals surface area contributed by atoms with E-state index >= 15 is 0 Å². The van der Waals surface area contributed by atoms with Crippen LogP contribution in [0.4, 0.5) is 13.2 Å². The second-order valence-electron chi connectivity index (χ2n) is 6.36. The molecule has 2 amide bonds. The van der Waals surface area contributed by atoms with E-state index in [9.17, 15) is 27.9 Å². The molecule has 2 aromatic rings. The monoisotopic (exact) mass is 394 g/mol. The summed E-state index contributed by atoms with van der Waals surface area (Å²) >= 11 is 0. The lowest BCUT2D eigenvalue weighted by molar-refractivity contribution is -0.137. The van der Waals surface area contributed by atoms with E-state index in [1.807, 2.05) is 30.3 Å². The maximum atomic E-state index is 12.6. The van der Waals surface area contributed by atoms with Crippen LogP contribution >= 0.6 is 0 Å². The van der Waals surface area contributed by atoms with Crippen LogP contribution in [-0.4, -0.2) is 23.0 Å². The molecule has 8 heteroatoms. The number of aliphatic hydroxyl groups is 1. The van der Waals surface area contributed by atoms with Crippen LogP contribution in [0.2, 0.25) is 0 Å². The van der Waals surface area contributed by atoms with Crippen molar-refractivity contribution in [2.45, 2.75) is 37.6 Å². The molecule has 2 rings (SSSR count). The van der Waals surface area contributed by atoms with Gasteiger partial charge in [-0.1, -0.05) is 42.5 Å². The molecular weight excluding hydrogens is 373 g/mol. The number of primary amides is 1. The highest BCUT2D eigenvalue weighted by molar-refractivity contribution is 5.88. The summed E-state index contributed by atoms with van der Waals surface area (Å²) in [6.45, 7) is 0. The number of nitrogens with two attached hydrogens (primary N) is 1. The first kappa shape index (κ1) is 21.4. The van der Waals surface area contributed by atoms with Gasteiger partial charge in [-0.05, 0) is 42.5 Å². The van der Waals surface area contributed by atoms with E-state index < -0.39 is 35.7 Å². The fraction of sp³-hybridized carbons (Fsp3) is 0.300. The third-order valence-corrected chi connectivity index (χ3v) is 4.26. The average molecular weight is 394 g/mol. The van der Waals surface area contributed by atoms with Crippen LogP contribution in [0.1, 0.15) is 35.6 Å². The van der Waals surface area contributed by atoms with Crippen molar-refractivity contribution >= 4 is 11.8 Å². The van der Waals surface area contributed by atoms with Gasteiger partial charge in [-0.2, -0.15) is 13.2 Å². The molecule has 150 valence electrons. The summed E-state index contributed by atoms with van der Waals surface area (Å²) < 4.78 is 37.8. The lowest BCUT2D eigenvalue weighted by Crippen LogP contribution is -2.46. The van der Waals surface area contributed by atoms with Crippen LogP contribution in [-0.2, 0) is 22.2 Å². The van der Waals surface area contributed by atoms with Crippen molar-refractivity contribution in [2.24, 2.45) is 5.73 Å². The minimum Gasteiger partial charge on any atom is -0.378 e. The summed E-state index contributed by atoms with van der Waals surface area (Å²) in [5, 5.41) is 12.4. The van der Waals surface area contributed by atoms with Crippen molar-refractivity contribution in [1.29, 1.82) is 0 Å². The third kappa shape index (κ3) is 6.09. The fourth-order valence-corrected chi connectivity index (χ4v) is 2.70. The molecule has 0 spiro atoms. The Morgan fingerprint density at radius 3 is 2.18 bits per heavy atom. The molecule has 0 saturated heterocycles. The van der Waals surface area contributed by atoms with Gasteiger partial charge in [0.25, 0.3) is 5.91 Å².